The summed E-state index contributed by atoms with van der Waals surface area (Å²) in [4.78, 5) is 10.4. The average Bonchev–Trinajstić information content (AvgIpc) is 2.53. The zero-order valence-electron chi connectivity index (χ0n) is 11.5. The fourth-order valence-corrected chi connectivity index (χ4v) is 2.04. The molecule has 110 valence electrons. The number of aliphatic hydroxyl groups is 1. The SMILES string of the molecule is COc1cc(NC(CO)c2ccccc2)ccc1[N+](=O)[O-]. The molecule has 2 aromatic rings. The van der Waals surface area contributed by atoms with Crippen molar-refractivity contribution in [3.63, 3.8) is 0 Å². The van der Waals surface area contributed by atoms with Gasteiger partial charge in [-0.05, 0) is 11.6 Å². The van der Waals surface area contributed by atoms with Crippen molar-refractivity contribution in [2.45, 2.75) is 6.04 Å². The Hall–Kier alpha value is -2.60. The number of nitro groups is 1. The van der Waals surface area contributed by atoms with E-state index in [0.717, 1.165) is 5.56 Å². The Balaban J connectivity index is 2.24. The lowest BCUT2D eigenvalue weighted by atomic mass is 10.1. The van der Waals surface area contributed by atoms with E-state index >= 15 is 0 Å². The second-order valence-electron chi connectivity index (χ2n) is 4.43. The van der Waals surface area contributed by atoms with Gasteiger partial charge in [0.2, 0.25) is 0 Å². The molecule has 0 aliphatic rings. The molecule has 21 heavy (non-hydrogen) atoms. The van der Waals surface area contributed by atoms with Crippen LogP contribution in [0.5, 0.6) is 5.75 Å². The molecule has 1 atom stereocenters. The van der Waals surface area contributed by atoms with Crippen LogP contribution >= 0.6 is 0 Å². The van der Waals surface area contributed by atoms with Gasteiger partial charge in [0.25, 0.3) is 0 Å². The van der Waals surface area contributed by atoms with Crippen molar-refractivity contribution in [2.24, 2.45) is 0 Å². The molecule has 0 fully saturated rings. The van der Waals surface area contributed by atoms with Crippen molar-refractivity contribution >= 4 is 11.4 Å². The Morgan fingerprint density at radius 2 is 2.00 bits per heavy atom. The number of methoxy groups -OCH3 is 1. The van der Waals surface area contributed by atoms with Gasteiger partial charge in [-0.1, -0.05) is 30.3 Å². The zero-order valence-corrected chi connectivity index (χ0v) is 11.5. The standard InChI is InChI=1S/C15H16N2O4/c1-21-15-9-12(7-8-14(15)17(19)20)16-13(10-18)11-5-3-2-4-6-11/h2-9,13,16,18H,10H2,1H3. The Kier molecular flexibility index (Phi) is 4.73. The number of hydrogen-bond acceptors (Lipinski definition) is 5. The Morgan fingerprint density at radius 1 is 1.29 bits per heavy atom. The molecular formula is C15H16N2O4. The quantitative estimate of drug-likeness (QED) is 0.630. The van der Waals surface area contributed by atoms with Crippen LogP contribution in [0.4, 0.5) is 11.4 Å². The van der Waals surface area contributed by atoms with E-state index in [2.05, 4.69) is 5.32 Å². The van der Waals surface area contributed by atoms with E-state index < -0.39 is 4.92 Å². The van der Waals surface area contributed by atoms with Crippen molar-refractivity contribution in [3.05, 3.63) is 64.2 Å². The largest absolute Gasteiger partial charge is 0.490 e. The monoisotopic (exact) mass is 288 g/mol. The molecule has 0 amide bonds. The molecule has 2 rings (SSSR count). The van der Waals surface area contributed by atoms with E-state index in [1.807, 2.05) is 30.3 Å². The molecular weight excluding hydrogens is 272 g/mol. The average molecular weight is 288 g/mol. The smallest absolute Gasteiger partial charge is 0.311 e. The fraction of sp³-hybridized carbons (Fsp3) is 0.200. The number of benzene rings is 2. The maximum atomic E-state index is 10.9. The summed E-state index contributed by atoms with van der Waals surface area (Å²) in [7, 11) is 1.38. The first-order chi connectivity index (χ1) is 10.2. The van der Waals surface area contributed by atoms with Gasteiger partial charge >= 0.3 is 5.69 Å². The Labute approximate surface area is 122 Å². The number of rotatable bonds is 6. The van der Waals surface area contributed by atoms with Crippen molar-refractivity contribution in [1.82, 2.24) is 0 Å². The molecule has 1 unspecified atom stereocenters. The normalized spacial score (nSPS) is 11.7. The highest BCUT2D eigenvalue weighted by molar-refractivity contribution is 5.58. The molecule has 2 aromatic carbocycles. The van der Waals surface area contributed by atoms with E-state index in [1.165, 1.54) is 13.2 Å². The Bertz CT molecular complexity index is 616. The van der Waals surface area contributed by atoms with Crippen molar-refractivity contribution in [1.29, 1.82) is 0 Å². The second-order valence-corrected chi connectivity index (χ2v) is 4.43. The topological polar surface area (TPSA) is 84.6 Å². The number of nitrogens with zero attached hydrogens (tertiary/aromatic N) is 1. The van der Waals surface area contributed by atoms with Crippen LogP contribution < -0.4 is 10.1 Å². The van der Waals surface area contributed by atoms with Crippen molar-refractivity contribution in [2.75, 3.05) is 19.0 Å². The highest BCUT2D eigenvalue weighted by Gasteiger charge is 2.16. The van der Waals surface area contributed by atoms with E-state index in [0.29, 0.717) is 5.69 Å². The van der Waals surface area contributed by atoms with E-state index in [1.54, 1.807) is 12.1 Å². The van der Waals surface area contributed by atoms with Gasteiger partial charge in [0.05, 0.1) is 24.7 Å². The summed E-state index contributed by atoms with van der Waals surface area (Å²) >= 11 is 0. The first-order valence-corrected chi connectivity index (χ1v) is 6.40. The first kappa shape index (κ1) is 14.8. The molecule has 6 heteroatoms. The summed E-state index contributed by atoms with van der Waals surface area (Å²) in [5.74, 6) is 0.176. The van der Waals surface area contributed by atoms with Gasteiger partial charge in [-0.2, -0.15) is 0 Å². The van der Waals surface area contributed by atoms with Gasteiger partial charge in [-0.25, -0.2) is 0 Å². The number of nitrogens with one attached hydrogen (secondary N) is 1. The predicted octanol–water partition coefficient (Wildman–Crippen LogP) is 2.75. The predicted molar refractivity (Wildman–Crippen MR) is 79.5 cm³/mol. The Morgan fingerprint density at radius 3 is 2.57 bits per heavy atom. The lowest BCUT2D eigenvalue weighted by molar-refractivity contribution is -0.385. The summed E-state index contributed by atoms with van der Waals surface area (Å²) < 4.78 is 5.02. The minimum absolute atomic E-state index is 0.0939. The third-order valence-corrected chi connectivity index (χ3v) is 3.10. The maximum absolute atomic E-state index is 10.9. The molecule has 0 heterocycles. The van der Waals surface area contributed by atoms with Crippen LogP contribution in [0.25, 0.3) is 0 Å². The van der Waals surface area contributed by atoms with Gasteiger partial charge in [0, 0.05) is 17.8 Å². The van der Waals surface area contributed by atoms with Gasteiger partial charge < -0.3 is 15.2 Å². The van der Waals surface area contributed by atoms with Crippen LogP contribution in [-0.4, -0.2) is 23.7 Å². The number of nitro benzene ring substituents is 1. The van der Waals surface area contributed by atoms with Crippen molar-refractivity contribution in [3.8, 4) is 5.75 Å². The fourth-order valence-electron chi connectivity index (χ4n) is 2.04. The molecule has 0 bridgehead atoms. The van der Waals surface area contributed by atoms with Crippen LogP contribution in [0.3, 0.4) is 0 Å². The summed E-state index contributed by atoms with van der Waals surface area (Å²) in [6, 6.07) is 13.7. The van der Waals surface area contributed by atoms with E-state index in [4.69, 9.17) is 4.74 Å². The molecule has 0 aromatic heterocycles. The zero-order chi connectivity index (χ0) is 15.2. The highest BCUT2D eigenvalue weighted by atomic mass is 16.6. The highest BCUT2D eigenvalue weighted by Crippen LogP contribution is 2.31. The maximum Gasteiger partial charge on any atom is 0.311 e. The second kappa shape index (κ2) is 6.71. The summed E-state index contributed by atoms with van der Waals surface area (Å²) in [6.45, 7) is -0.0939. The third kappa shape index (κ3) is 3.49. The number of ether oxygens (including phenoxy) is 1. The van der Waals surface area contributed by atoms with E-state index in [9.17, 15) is 15.2 Å². The van der Waals surface area contributed by atoms with Gasteiger partial charge in [0.1, 0.15) is 0 Å². The van der Waals surface area contributed by atoms with Crippen LogP contribution in [0.1, 0.15) is 11.6 Å². The van der Waals surface area contributed by atoms with E-state index in [-0.39, 0.29) is 24.1 Å². The third-order valence-electron chi connectivity index (χ3n) is 3.10. The van der Waals surface area contributed by atoms with Crippen LogP contribution in [0.15, 0.2) is 48.5 Å². The van der Waals surface area contributed by atoms with Crippen LogP contribution in [-0.2, 0) is 0 Å². The molecule has 0 spiro atoms. The summed E-state index contributed by atoms with van der Waals surface area (Å²) in [5.41, 5.74) is 1.47. The molecule has 2 N–H and O–H groups in total. The summed E-state index contributed by atoms with van der Waals surface area (Å²) in [5, 5.41) is 23.5. The molecule has 0 aliphatic heterocycles. The van der Waals surface area contributed by atoms with Crippen LogP contribution in [0, 0.1) is 10.1 Å². The number of anilines is 1. The summed E-state index contributed by atoms with van der Waals surface area (Å²) in [6.07, 6.45) is 0. The molecule has 0 radical (unpaired) electrons. The lowest BCUT2D eigenvalue weighted by Crippen LogP contribution is -2.14. The van der Waals surface area contributed by atoms with Gasteiger partial charge in [0.15, 0.2) is 5.75 Å². The lowest BCUT2D eigenvalue weighted by Gasteiger charge is -2.18. The van der Waals surface area contributed by atoms with Gasteiger partial charge in [-0.15, -0.1) is 0 Å². The minimum Gasteiger partial charge on any atom is -0.490 e. The van der Waals surface area contributed by atoms with Crippen LogP contribution in [0.2, 0.25) is 0 Å². The van der Waals surface area contributed by atoms with Crippen molar-refractivity contribution < 1.29 is 14.8 Å². The first-order valence-electron chi connectivity index (χ1n) is 6.40. The number of aliphatic hydroxyl groups excluding tert-OH is 1. The minimum atomic E-state index is -0.497. The molecule has 0 saturated carbocycles. The molecule has 0 saturated heterocycles. The van der Waals surface area contributed by atoms with Gasteiger partial charge in [-0.3, -0.25) is 10.1 Å². The molecule has 0 aliphatic carbocycles. The number of hydrogen-bond donors (Lipinski definition) is 2. The molecule has 6 nitrogen and oxygen atoms in total.